The van der Waals surface area contributed by atoms with E-state index in [4.69, 9.17) is 0 Å². The van der Waals surface area contributed by atoms with Crippen molar-refractivity contribution in [3.8, 4) is 0 Å². The van der Waals surface area contributed by atoms with Crippen LogP contribution in [0.4, 0.5) is 0 Å². The zero-order chi connectivity index (χ0) is 40.7. The summed E-state index contributed by atoms with van der Waals surface area (Å²) >= 11 is 0. The number of fused-ring (bicyclic) bond motifs is 1. The van der Waals surface area contributed by atoms with Gasteiger partial charge in [-0.3, -0.25) is 0 Å². The molecule has 2 saturated carbocycles. The number of benzene rings is 5. The summed E-state index contributed by atoms with van der Waals surface area (Å²) < 4.78 is 0. The molecule has 0 aromatic heterocycles. The van der Waals surface area contributed by atoms with Crippen molar-refractivity contribution < 1.29 is 60.3 Å². The maximum atomic E-state index is 11.8. The van der Waals surface area contributed by atoms with Crippen molar-refractivity contribution in [2.24, 2.45) is 0 Å². The smallest absolute Gasteiger partial charge is 0.545 e. The Morgan fingerprint density at radius 2 is 0.857 bits per heavy atom. The van der Waals surface area contributed by atoms with Gasteiger partial charge in [-0.1, -0.05) is 152 Å². The number of hydrogen-bond donors (Lipinski definition) is 6. The predicted octanol–water partition coefficient (Wildman–Crippen LogP) is -0.394. The summed E-state index contributed by atoms with van der Waals surface area (Å²) in [4.78, 5) is 30.3. The van der Waals surface area contributed by atoms with Gasteiger partial charge in [0.15, 0.2) is 0 Å². The third kappa shape index (κ3) is 7.28. The molecule has 2 aliphatic carbocycles. The summed E-state index contributed by atoms with van der Waals surface area (Å²) in [5.74, 6) is -3.39. The summed E-state index contributed by atoms with van der Waals surface area (Å²) in [5, 5.41) is 96.9. The van der Waals surface area contributed by atoms with Crippen molar-refractivity contribution in [1.29, 1.82) is 0 Å². The summed E-state index contributed by atoms with van der Waals surface area (Å²) in [5.41, 5.74) is -8.27. The van der Waals surface area contributed by atoms with Gasteiger partial charge in [0.2, 0.25) is 0 Å². The maximum absolute atomic E-state index is 11.8. The molecule has 0 radical (unpaired) electrons. The Kier molecular flexibility index (Phi) is 14.7. The molecule has 2 fully saturated rings. The molecule has 12 nitrogen and oxygen atoms in total. The number of carbonyl (C=O) groups is 3. The van der Waals surface area contributed by atoms with Gasteiger partial charge in [-0.25, -0.2) is 0 Å². The molecule has 0 amide bonds. The number of aromatic carboxylic acids is 3. The van der Waals surface area contributed by atoms with E-state index in [9.17, 15) is 60.3 Å². The van der Waals surface area contributed by atoms with Gasteiger partial charge in [-0.15, -0.1) is 0 Å². The summed E-state index contributed by atoms with van der Waals surface area (Å²) in [6.07, 6.45) is -3.18. The average molecular weight is 777 g/mol. The summed E-state index contributed by atoms with van der Waals surface area (Å²) in [6, 6.07) is 41.3. The minimum Gasteiger partial charge on any atom is -0.545 e. The van der Waals surface area contributed by atoms with Crippen LogP contribution in [0.15, 0.2) is 152 Å². The van der Waals surface area contributed by atoms with Gasteiger partial charge in [-0.2, -0.15) is 0 Å². The van der Waals surface area contributed by atoms with Gasteiger partial charge < -0.3 is 60.3 Å². The Morgan fingerprint density at radius 3 is 1.12 bits per heavy atom. The standard InChI is InChI=1S/C22H26O6.3C7H6O2.Al/c1-18(14-9-5-3-6-10-14)17(25)21(27)19(2,15-11-7-4-8-12-15)20(26,16(24)13-23)22(18,21)28;3*8-7(9)6-4-2-1-3-5-6;/h3-12,16-17,23-28H,13H2,1-2H3;3*1-5H,(H,8,9);/q;;;;+3/p-3/t16-,17?,18?,19?,20+,21-,22+;;;;/m1..../s1. The molecule has 5 aromatic rings. The van der Waals surface area contributed by atoms with Crippen LogP contribution < -0.4 is 15.3 Å². The summed E-state index contributed by atoms with van der Waals surface area (Å²) in [6.45, 7) is 2.21. The molecule has 7 rings (SSSR count). The second-order valence-electron chi connectivity index (χ2n) is 13.4. The fourth-order valence-corrected chi connectivity index (χ4v) is 7.84. The first-order chi connectivity index (χ1) is 26.0. The van der Waals surface area contributed by atoms with Crippen LogP contribution in [0.3, 0.4) is 0 Å². The van der Waals surface area contributed by atoms with E-state index < -0.39 is 64.4 Å². The fourth-order valence-electron chi connectivity index (χ4n) is 7.84. The van der Waals surface area contributed by atoms with Crippen molar-refractivity contribution in [2.75, 3.05) is 6.61 Å². The average Bonchev–Trinajstić information content (AvgIpc) is 3.23. The minimum absolute atomic E-state index is 0. The van der Waals surface area contributed by atoms with Gasteiger partial charge >= 0.3 is 17.4 Å². The third-order valence-electron chi connectivity index (χ3n) is 10.7. The Hall–Kier alpha value is -5.20. The Morgan fingerprint density at radius 1 is 0.571 bits per heavy atom. The van der Waals surface area contributed by atoms with E-state index in [-0.39, 0.29) is 34.1 Å². The molecule has 0 bridgehead atoms. The van der Waals surface area contributed by atoms with Crippen LogP contribution in [-0.4, -0.2) is 102 Å². The largest absolute Gasteiger partial charge is 3.00 e. The van der Waals surface area contributed by atoms with Gasteiger partial charge in [0.05, 0.1) is 41.4 Å². The van der Waals surface area contributed by atoms with Crippen molar-refractivity contribution in [3.63, 3.8) is 0 Å². The second-order valence-corrected chi connectivity index (χ2v) is 13.4. The van der Waals surface area contributed by atoms with Crippen molar-refractivity contribution >= 4 is 35.3 Å². The SMILES string of the molecule is CC1(c2ccccc2)C(O)[C@@]2(O)C(C)(c3ccccc3)[C@@](O)([C@H](O)CO)[C@@]12O.O=C([O-])c1ccccc1.O=C([O-])c1ccccc1.O=C([O-])c1ccccc1.[Al+3]. The number of aliphatic hydroxyl groups excluding tert-OH is 3. The van der Waals surface area contributed by atoms with Crippen LogP contribution in [0.1, 0.15) is 56.0 Å². The molecule has 3 unspecified atom stereocenters. The number of aliphatic hydroxyl groups is 6. The molecule has 56 heavy (non-hydrogen) atoms. The zero-order valence-corrected chi connectivity index (χ0v) is 31.7. The first kappa shape index (κ1) is 45.2. The Bertz CT molecular complexity index is 1920. The van der Waals surface area contributed by atoms with E-state index in [0.29, 0.717) is 11.1 Å². The molecule has 0 spiro atoms. The van der Waals surface area contributed by atoms with Crippen molar-refractivity contribution in [2.45, 2.75) is 53.7 Å². The van der Waals surface area contributed by atoms with Crippen LogP contribution in [0.2, 0.25) is 0 Å². The van der Waals surface area contributed by atoms with Crippen LogP contribution in [-0.2, 0) is 10.8 Å². The fraction of sp³-hybridized carbons (Fsp3) is 0.233. The monoisotopic (exact) mass is 776 g/mol. The number of carboxylic acid groups (broad SMARTS) is 3. The van der Waals surface area contributed by atoms with Crippen LogP contribution >= 0.6 is 0 Å². The molecule has 13 heteroatoms. The molecule has 288 valence electrons. The first-order valence-electron chi connectivity index (χ1n) is 17.1. The van der Waals surface area contributed by atoms with Crippen molar-refractivity contribution in [1.82, 2.24) is 0 Å². The normalized spacial score (nSPS) is 27.0. The minimum atomic E-state index is -2.32. The zero-order valence-electron chi connectivity index (χ0n) is 30.5. The number of hydrogen-bond acceptors (Lipinski definition) is 12. The van der Waals surface area contributed by atoms with E-state index in [1.54, 1.807) is 122 Å². The van der Waals surface area contributed by atoms with E-state index in [2.05, 4.69) is 0 Å². The van der Waals surface area contributed by atoms with Gasteiger partial charge in [0, 0.05) is 0 Å². The van der Waals surface area contributed by atoms with Crippen LogP contribution in [0.25, 0.3) is 0 Å². The molecule has 2 aliphatic rings. The maximum Gasteiger partial charge on any atom is 3.00 e. The topological polar surface area (TPSA) is 242 Å². The molecule has 0 saturated heterocycles. The van der Waals surface area contributed by atoms with Crippen LogP contribution in [0, 0.1) is 0 Å². The Balaban J connectivity index is 0.000000244. The van der Waals surface area contributed by atoms with E-state index in [1.165, 1.54) is 43.3 Å². The van der Waals surface area contributed by atoms with E-state index >= 15 is 0 Å². The quantitative estimate of drug-likeness (QED) is 0.116. The van der Waals surface area contributed by atoms with E-state index in [0.717, 1.165) is 0 Å². The molecular formula is C43H41AlO12. The molecular weight excluding hydrogens is 735 g/mol. The number of rotatable bonds is 7. The third-order valence-corrected chi connectivity index (χ3v) is 10.7. The van der Waals surface area contributed by atoms with Gasteiger partial charge in [-0.05, 0) is 41.7 Å². The predicted molar refractivity (Wildman–Crippen MR) is 200 cm³/mol. The van der Waals surface area contributed by atoms with Gasteiger partial charge in [0.1, 0.15) is 22.9 Å². The number of carboxylic acids is 3. The first-order valence-corrected chi connectivity index (χ1v) is 17.1. The molecule has 6 N–H and O–H groups in total. The van der Waals surface area contributed by atoms with E-state index in [1.807, 2.05) is 0 Å². The summed E-state index contributed by atoms with van der Waals surface area (Å²) in [7, 11) is 0. The number of carbonyl (C=O) groups excluding carboxylic acids is 3. The van der Waals surface area contributed by atoms with Gasteiger partial charge in [0.25, 0.3) is 0 Å². The Labute approximate surface area is 334 Å². The molecule has 0 heterocycles. The second kappa shape index (κ2) is 18.2. The van der Waals surface area contributed by atoms with Crippen molar-refractivity contribution in [3.05, 3.63) is 179 Å². The molecule has 0 aliphatic heterocycles. The molecule has 7 atom stereocenters. The molecule has 5 aromatic carbocycles. The van der Waals surface area contributed by atoms with Crippen LogP contribution in [0.5, 0.6) is 0 Å².